The third-order valence-corrected chi connectivity index (χ3v) is 11.6. The molecule has 0 aliphatic carbocycles. The Kier molecular flexibility index (Phi) is 25.7. The molecule has 3 rings (SSSR count). The van der Waals surface area contributed by atoms with E-state index >= 15 is 0 Å². The predicted molar refractivity (Wildman–Crippen MR) is 249 cm³/mol. The lowest BCUT2D eigenvalue weighted by Crippen LogP contribution is -2.58. The van der Waals surface area contributed by atoms with Gasteiger partial charge in [0.1, 0.15) is 24.2 Å². The molecule has 4 atom stereocenters. The second kappa shape index (κ2) is 31.2. The van der Waals surface area contributed by atoms with E-state index in [0.717, 1.165) is 30.2 Å². The number of nitrogens with zero attached hydrogens (tertiary/aromatic N) is 1. The number of unbranched alkanes of at least 4 members (excludes halogenated alkanes) is 18. The molecule has 17 heteroatoms. The zero-order chi connectivity index (χ0) is 47.2. The summed E-state index contributed by atoms with van der Waals surface area (Å²) in [5, 5.41) is 32.5. The molecule has 0 radical (unpaired) electrons. The fourth-order valence-electron chi connectivity index (χ4n) is 7.75. The van der Waals surface area contributed by atoms with Gasteiger partial charge in [-0.3, -0.25) is 28.8 Å². The van der Waals surface area contributed by atoms with Gasteiger partial charge < -0.3 is 46.8 Å². The van der Waals surface area contributed by atoms with E-state index in [-0.39, 0.29) is 25.2 Å². The Bertz CT molecular complexity index is 1900. The van der Waals surface area contributed by atoms with Crippen LogP contribution in [0.2, 0.25) is 0 Å². The molecule has 0 saturated heterocycles. The van der Waals surface area contributed by atoms with Crippen LogP contribution in [0, 0.1) is 0 Å². The Morgan fingerprint density at radius 2 is 1.17 bits per heavy atom. The standard InChI is InChI=1S/C48H74N8O9/c1-3-4-5-6-7-8-9-10-11-12-13-14-15-16-17-18-19-20-21-26-42(57)51-32-43(58)54-40(29-44(59)60)46(62)53-34(2)45(61)55-39(28-36-31-49-33-52-36)47(63)56-41(48(64)65)27-35-30-50-38-25-23-22-24-37(35)38/h22-25,30-31,33-34,39-41,50H,3-21,26-29,32H2,1-2H3,(H,49,52)(H,51,57)(H,53,62)(H,54,58)(H,55,61)(H,56,63)(H,59,60)(H,64,65)/t34-,39-,40-,41-/m0/s1. The number of carboxylic acid groups (broad SMARTS) is 2. The summed E-state index contributed by atoms with van der Waals surface area (Å²) < 4.78 is 0. The van der Waals surface area contributed by atoms with Crippen molar-refractivity contribution < 1.29 is 43.8 Å². The van der Waals surface area contributed by atoms with Crippen LogP contribution < -0.4 is 26.6 Å². The molecule has 1 aromatic carbocycles. The van der Waals surface area contributed by atoms with Gasteiger partial charge in [0.2, 0.25) is 29.5 Å². The average molecular weight is 907 g/mol. The molecule has 0 bridgehead atoms. The van der Waals surface area contributed by atoms with E-state index in [4.69, 9.17) is 0 Å². The van der Waals surface area contributed by atoms with Gasteiger partial charge in [0.15, 0.2) is 0 Å². The number of aliphatic carboxylic acids is 2. The number of para-hydroxylation sites is 1. The molecule has 65 heavy (non-hydrogen) atoms. The van der Waals surface area contributed by atoms with Crippen LogP contribution in [0.4, 0.5) is 0 Å². The Labute approximate surface area is 383 Å². The van der Waals surface area contributed by atoms with Crippen LogP contribution in [0.3, 0.4) is 0 Å². The monoisotopic (exact) mass is 907 g/mol. The first kappa shape index (κ1) is 53.6. The zero-order valence-corrected chi connectivity index (χ0v) is 38.5. The van der Waals surface area contributed by atoms with Gasteiger partial charge in [-0.15, -0.1) is 0 Å². The summed E-state index contributed by atoms with van der Waals surface area (Å²) in [6.45, 7) is 3.08. The molecule has 360 valence electrons. The van der Waals surface area contributed by atoms with Gasteiger partial charge in [0.05, 0.1) is 25.0 Å². The molecule has 3 aromatic rings. The van der Waals surface area contributed by atoms with Gasteiger partial charge in [-0.25, -0.2) is 9.78 Å². The molecule has 2 aromatic heterocycles. The number of imidazole rings is 1. The Morgan fingerprint density at radius 1 is 0.615 bits per heavy atom. The maximum Gasteiger partial charge on any atom is 0.326 e. The minimum atomic E-state index is -1.59. The van der Waals surface area contributed by atoms with Crippen molar-refractivity contribution in [2.45, 2.75) is 186 Å². The minimum Gasteiger partial charge on any atom is -0.481 e. The maximum atomic E-state index is 13.6. The topological polar surface area (TPSA) is 265 Å². The fourth-order valence-corrected chi connectivity index (χ4v) is 7.75. The van der Waals surface area contributed by atoms with Crippen LogP contribution in [0.1, 0.15) is 160 Å². The lowest BCUT2D eigenvalue weighted by atomic mass is 10.0. The third kappa shape index (κ3) is 22.1. The number of fused-ring (bicyclic) bond motifs is 1. The minimum absolute atomic E-state index is 0.0549. The second-order valence-corrected chi connectivity index (χ2v) is 17.1. The Morgan fingerprint density at radius 3 is 1.72 bits per heavy atom. The zero-order valence-electron chi connectivity index (χ0n) is 38.5. The summed E-state index contributed by atoms with van der Waals surface area (Å²) in [6.07, 6.45) is 27.5. The summed E-state index contributed by atoms with van der Waals surface area (Å²) in [4.78, 5) is 99.1. The van der Waals surface area contributed by atoms with Crippen molar-refractivity contribution in [2.75, 3.05) is 6.54 Å². The molecule has 5 amide bonds. The average Bonchev–Trinajstić information content (AvgIpc) is 3.95. The van der Waals surface area contributed by atoms with Crippen molar-refractivity contribution in [1.29, 1.82) is 0 Å². The Balaban J connectivity index is 1.35. The smallest absolute Gasteiger partial charge is 0.326 e. The lowest BCUT2D eigenvalue weighted by molar-refractivity contribution is -0.142. The molecule has 0 spiro atoms. The van der Waals surface area contributed by atoms with E-state index in [1.807, 2.05) is 24.3 Å². The maximum absolute atomic E-state index is 13.6. The molecule has 0 aliphatic rings. The summed E-state index contributed by atoms with van der Waals surface area (Å²) in [6, 6.07) is 1.70. The number of carboxylic acids is 2. The van der Waals surface area contributed by atoms with Gasteiger partial charge in [-0.1, -0.05) is 141 Å². The van der Waals surface area contributed by atoms with Crippen LogP contribution >= 0.6 is 0 Å². The lowest BCUT2D eigenvalue weighted by Gasteiger charge is -2.24. The molecule has 0 fully saturated rings. The molecule has 0 unspecified atom stereocenters. The van der Waals surface area contributed by atoms with E-state index in [1.165, 1.54) is 116 Å². The van der Waals surface area contributed by atoms with Gasteiger partial charge in [-0.2, -0.15) is 0 Å². The van der Waals surface area contributed by atoms with Crippen molar-refractivity contribution in [3.8, 4) is 0 Å². The van der Waals surface area contributed by atoms with Crippen molar-refractivity contribution >= 4 is 52.4 Å². The van der Waals surface area contributed by atoms with E-state index in [2.05, 4.69) is 48.5 Å². The van der Waals surface area contributed by atoms with Gasteiger partial charge in [-0.05, 0) is 25.0 Å². The number of carbonyl (C=O) groups excluding carboxylic acids is 5. The van der Waals surface area contributed by atoms with Gasteiger partial charge in [0.25, 0.3) is 0 Å². The van der Waals surface area contributed by atoms with Crippen molar-refractivity contribution in [3.63, 3.8) is 0 Å². The predicted octanol–water partition coefficient (Wildman–Crippen LogP) is 6.13. The number of aromatic amines is 2. The highest BCUT2D eigenvalue weighted by molar-refractivity contribution is 5.96. The first-order valence-corrected chi connectivity index (χ1v) is 23.8. The molecule has 0 saturated carbocycles. The van der Waals surface area contributed by atoms with E-state index < -0.39 is 72.7 Å². The van der Waals surface area contributed by atoms with Crippen LogP contribution in [-0.2, 0) is 46.4 Å². The first-order valence-electron chi connectivity index (χ1n) is 23.8. The van der Waals surface area contributed by atoms with Crippen LogP contribution in [0.5, 0.6) is 0 Å². The first-order chi connectivity index (χ1) is 31.4. The summed E-state index contributed by atoms with van der Waals surface area (Å²) >= 11 is 0. The summed E-state index contributed by atoms with van der Waals surface area (Å²) in [5.74, 6) is -6.47. The molecule has 9 N–H and O–H groups in total. The number of benzene rings is 1. The molecular formula is C48H74N8O9. The highest BCUT2D eigenvalue weighted by Gasteiger charge is 2.31. The molecular weight excluding hydrogens is 833 g/mol. The number of rotatable bonds is 36. The van der Waals surface area contributed by atoms with Crippen LogP contribution in [0.15, 0.2) is 43.0 Å². The van der Waals surface area contributed by atoms with Crippen molar-refractivity contribution in [3.05, 3.63) is 54.2 Å². The van der Waals surface area contributed by atoms with Gasteiger partial charge in [0, 0.05) is 42.6 Å². The molecule has 17 nitrogen and oxygen atoms in total. The number of H-pyrrole nitrogens is 2. The largest absolute Gasteiger partial charge is 0.481 e. The SMILES string of the molecule is CCCCCCCCCCCCCCCCCCCCCC(=O)NCC(=O)N[C@@H](CC(=O)O)C(=O)N[C@@H](C)C(=O)N[C@@H](Cc1c[nH]cn1)C(=O)N[C@@H](Cc1c[nH]c2ccccc12)C(=O)O. The van der Waals surface area contributed by atoms with Crippen molar-refractivity contribution in [2.24, 2.45) is 0 Å². The second-order valence-electron chi connectivity index (χ2n) is 17.1. The summed E-state index contributed by atoms with van der Waals surface area (Å²) in [7, 11) is 0. The normalized spacial score (nSPS) is 13.0. The number of nitrogens with one attached hydrogen (secondary N) is 7. The van der Waals surface area contributed by atoms with Crippen LogP contribution in [0.25, 0.3) is 10.9 Å². The number of hydrogen-bond donors (Lipinski definition) is 9. The summed E-state index contributed by atoms with van der Waals surface area (Å²) in [5.41, 5.74) is 1.84. The van der Waals surface area contributed by atoms with E-state index in [0.29, 0.717) is 17.7 Å². The number of aromatic nitrogens is 3. The van der Waals surface area contributed by atoms with E-state index in [1.54, 1.807) is 6.20 Å². The van der Waals surface area contributed by atoms with Crippen molar-refractivity contribution in [1.82, 2.24) is 41.5 Å². The Hall–Kier alpha value is -5.74. The fraction of sp³-hybridized carbons (Fsp3) is 0.625. The number of hydrogen-bond acceptors (Lipinski definition) is 8. The quantitative estimate of drug-likeness (QED) is 0.0301. The number of amides is 5. The molecule has 0 aliphatic heterocycles. The number of carbonyl (C=O) groups is 7. The molecule has 2 heterocycles. The van der Waals surface area contributed by atoms with E-state index in [9.17, 15) is 43.8 Å². The van der Waals surface area contributed by atoms with Crippen LogP contribution in [-0.4, -0.2) is 97.4 Å². The highest BCUT2D eigenvalue weighted by Crippen LogP contribution is 2.20. The third-order valence-electron chi connectivity index (χ3n) is 11.6. The van der Waals surface area contributed by atoms with Gasteiger partial charge >= 0.3 is 11.9 Å². The highest BCUT2D eigenvalue weighted by atomic mass is 16.4.